The summed E-state index contributed by atoms with van der Waals surface area (Å²) in [4.78, 5) is 33.7. The Balaban J connectivity index is 1.53. The largest absolute Gasteiger partial charge is 0.496 e. The van der Waals surface area contributed by atoms with Gasteiger partial charge in [0.1, 0.15) is 5.75 Å². The molecule has 4 aromatic rings. The van der Waals surface area contributed by atoms with E-state index in [1.165, 1.54) is 0 Å². The van der Waals surface area contributed by atoms with E-state index in [0.717, 1.165) is 48.5 Å². The molecule has 7 heteroatoms. The summed E-state index contributed by atoms with van der Waals surface area (Å²) < 4.78 is 7.06. The van der Waals surface area contributed by atoms with Gasteiger partial charge in [0.25, 0.3) is 11.5 Å². The quantitative estimate of drug-likeness (QED) is 0.458. The average Bonchev–Trinajstić information content (AvgIpc) is 3.42. The van der Waals surface area contributed by atoms with E-state index in [1.54, 1.807) is 29.9 Å². The van der Waals surface area contributed by atoms with Crippen molar-refractivity contribution < 1.29 is 9.53 Å². The molecule has 35 heavy (non-hydrogen) atoms. The highest BCUT2D eigenvalue weighted by Gasteiger charge is 2.22. The van der Waals surface area contributed by atoms with E-state index >= 15 is 0 Å². The number of aryl methyl sites for hydroxylation is 1. The van der Waals surface area contributed by atoms with Crippen LogP contribution in [-0.2, 0) is 6.54 Å². The van der Waals surface area contributed by atoms with Crippen LogP contribution in [-0.4, -0.2) is 35.7 Å². The molecule has 5 rings (SSSR count). The number of carbonyl (C=O) groups excluding carboxylic acids is 1. The second kappa shape index (κ2) is 9.62. The van der Waals surface area contributed by atoms with Crippen LogP contribution in [0.3, 0.4) is 0 Å². The van der Waals surface area contributed by atoms with Crippen molar-refractivity contribution in [1.29, 1.82) is 0 Å². The Morgan fingerprint density at radius 1 is 1.03 bits per heavy atom. The van der Waals surface area contributed by atoms with Crippen LogP contribution < -0.4 is 20.5 Å². The van der Waals surface area contributed by atoms with Crippen molar-refractivity contribution in [3.63, 3.8) is 0 Å². The predicted molar refractivity (Wildman–Crippen MR) is 138 cm³/mol. The monoisotopic (exact) mass is 468 g/mol. The number of amides is 1. The SMILES string of the molecule is COc1ccccc1CNC(=O)c1ccc2c(=O)n(-c3cccc(C)c3)c(N3CCCC3)nc2c1. The first-order chi connectivity index (χ1) is 17.0. The Morgan fingerprint density at radius 3 is 2.60 bits per heavy atom. The Morgan fingerprint density at radius 2 is 1.83 bits per heavy atom. The van der Waals surface area contributed by atoms with Gasteiger partial charge in [-0.25, -0.2) is 9.55 Å². The molecule has 0 radical (unpaired) electrons. The maximum Gasteiger partial charge on any atom is 0.267 e. The van der Waals surface area contributed by atoms with Gasteiger partial charge in [-0.15, -0.1) is 0 Å². The first kappa shape index (κ1) is 22.7. The normalized spacial score (nSPS) is 13.3. The Kier molecular flexibility index (Phi) is 6.23. The van der Waals surface area contributed by atoms with Crippen molar-refractivity contribution in [2.24, 2.45) is 0 Å². The average molecular weight is 469 g/mol. The van der Waals surface area contributed by atoms with E-state index < -0.39 is 0 Å². The van der Waals surface area contributed by atoms with Crippen LogP contribution >= 0.6 is 0 Å². The molecule has 1 aliphatic rings. The van der Waals surface area contributed by atoms with E-state index in [1.807, 2.05) is 55.5 Å². The number of nitrogens with one attached hydrogen (secondary N) is 1. The summed E-state index contributed by atoms with van der Waals surface area (Å²) in [5, 5.41) is 3.42. The van der Waals surface area contributed by atoms with E-state index in [4.69, 9.17) is 9.72 Å². The molecule has 0 saturated carbocycles. The van der Waals surface area contributed by atoms with Crippen molar-refractivity contribution in [3.05, 3.63) is 93.8 Å². The molecule has 3 aromatic carbocycles. The second-order valence-electron chi connectivity index (χ2n) is 8.81. The molecule has 1 aromatic heterocycles. The van der Waals surface area contributed by atoms with Gasteiger partial charge < -0.3 is 15.0 Å². The summed E-state index contributed by atoms with van der Waals surface area (Å²) in [6.45, 7) is 4.04. The van der Waals surface area contributed by atoms with Crippen molar-refractivity contribution in [3.8, 4) is 11.4 Å². The van der Waals surface area contributed by atoms with Gasteiger partial charge in [0.05, 0.1) is 23.7 Å². The lowest BCUT2D eigenvalue weighted by atomic mass is 10.1. The zero-order chi connectivity index (χ0) is 24.4. The van der Waals surface area contributed by atoms with Crippen LogP contribution in [0, 0.1) is 6.92 Å². The maximum absolute atomic E-state index is 13.7. The third kappa shape index (κ3) is 4.49. The molecule has 0 unspecified atom stereocenters. The van der Waals surface area contributed by atoms with Gasteiger partial charge in [0.2, 0.25) is 5.95 Å². The number of anilines is 1. The molecule has 178 valence electrons. The Hall–Kier alpha value is -4.13. The number of para-hydroxylation sites is 1. The molecule has 1 N–H and O–H groups in total. The van der Waals surface area contributed by atoms with Crippen molar-refractivity contribution in [1.82, 2.24) is 14.9 Å². The lowest BCUT2D eigenvalue weighted by molar-refractivity contribution is 0.0951. The highest BCUT2D eigenvalue weighted by molar-refractivity contribution is 5.97. The van der Waals surface area contributed by atoms with Crippen LogP contribution in [0.25, 0.3) is 16.6 Å². The summed E-state index contributed by atoms with van der Waals surface area (Å²) in [6.07, 6.45) is 2.13. The Bertz CT molecular complexity index is 1450. The number of carbonyl (C=O) groups is 1. The van der Waals surface area contributed by atoms with Gasteiger partial charge in [-0.2, -0.15) is 0 Å². The first-order valence-electron chi connectivity index (χ1n) is 11.8. The third-order valence-electron chi connectivity index (χ3n) is 6.39. The molecule has 1 saturated heterocycles. The zero-order valence-electron chi connectivity index (χ0n) is 20.0. The number of aromatic nitrogens is 2. The van der Waals surface area contributed by atoms with Crippen LogP contribution in [0.2, 0.25) is 0 Å². The fourth-order valence-corrected chi connectivity index (χ4v) is 4.57. The van der Waals surface area contributed by atoms with Gasteiger partial charge in [-0.1, -0.05) is 30.3 Å². The number of ether oxygens (including phenoxy) is 1. The lowest BCUT2D eigenvalue weighted by Gasteiger charge is -2.22. The first-order valence-corrected chi connectivity index (χ1v) is 11.8. The molecule has 1 fully saturated rings. The molecule has 7 nitrogen and oxygen atoms in total. The molecule has 0 atom stereocenters. The Labute approximate surface area is 204 Å². The fraction of sp³-hybridized carbons (Fsp3) is 0.250. The minimum Gasteiger partial charge on any atom is -0.496 e. The van der Waals surface area contributed by atoms with Crippen LogP contribution in [0.4, 0.5) is 5.95 Å². The predicted octanol–water partition coefficient (Wildman–Crippen LogP) is 4.23. The standard InChI is InChI=1S/C28H28N4O3/c1-19-8-7-10-22(16-19)32-27(34)23-13-12-20(17-24(23)30-28(32)31-14-5-6-15-31)26(33)29-18-21-9-3-4-11-25(21)35-2/h3-4,7-13,16-17H,5-6,14-15,18H2,1-2H3,(H,29,33). The van der Waals surface area contributed by atoms with E-state index in [2.05, 4.69) is 10.2 Å². The lowest BCUT2D eigenvalue weighted by Crippen LogP contribution is -2.30. The molecular weight excluding hydrogens is 440 g/mol. The van der Waals surface area contributed by atoms with Gasteiger partial charge in [-0.3, -0.25) is 9.59 Å². The molecule has 2 heterocycles. The molecule has 0 bridgehead atoms. The number of rotatable bonds is 6. The van der Waals surface area contributed by atoms with Gasteiger partial charge in [0, 0.05) is 30.8 Å². The summed E-state index contributed by atoms with van der Waals surface area (Å²) in [5.74, 6) is 1.11. The van der Waals surface area contributed by atoms with E-state index in [0.29, 0.717) is 29.0 Å². The number of hydrogen-bond donors (Lipinski definition) is 1. The number of nitrogens with zero attached hydrogens (tertiary/aromatic N) is 3. The summed E-state index contributed by atoms with van der Waals surface area (Å²) in [6, 6.07) is 20.5. The minimum absolute atomic E-state index is 0.136. The zero-order valence-corrected chi connectivity index (χ0v) is 20.0. The van der Waals surface area contributed by atoms with Gasteiger partial charge in [0.15, 0.2) is 0 Å². The third-order valence-corrected chi connectivity index (χ3v) is 6.39. The van der Waals surface area contributed by atoms with Gasteiger partial charge >= 0.3 is 0 Å². The topological polar surface area (TPSA) is 76.5 Å². The highest BCUT2D eigenvalue weighted by atomic mass is 16.5. The van der Waals surface area contributed by atoms with E-state index in [-0.39, 0.29) is 11.5 Å². The molecule has 0 spiro atoms. The van der Waals surface area contributed by atoms with Gasteiger partial charge in [-0.05, 0) is 61.7 Å². The summed E-state index contributed by atoms with van der Waals surface area (Å²) in [5.41, 5.74) is 3.60. The summed E-state index contributed by atoms with van der Waals surface area (Å²) >= 11 is 0. The van der Waals surface area contributed by atoms with Crippen LogP contribution in [0.5, 0.6) is 5.75 Å². The second-order valence-corrected chi connectivity index (χ2v) is 8.81. The molecule has 1 aliphatic heterocycles. The summed E-state index contributed by atoms with van der Waals surface area (Å²) in [7, 11) is 1.61. The number of methoxy groups -OCH3 is 1. The maximum atomic E-state index is 13.7. The number of fused-ring (bicyclic) bond motifs is 1. The van der Waals surface area contributed by atoms with Crippen LogP contribution in [0.15, 0.2) is 71.5 Å². The van der Waals surface area contributed by atoms with Crippen molar-refractivity contribution >= 4 is 22.8 Å². The minimum atomic E-state index is -0.231. The van der Waals surface area contributed by atoms with Crippen molar-refractivity contribution in [2.45, 2.75) is 26.3 Å². The molecular formula is C28H28N4O3. The molecule has 1 amide bonds. The smallest absolute Gasteiger partial charge is 0.267 e. The van der Waals surface area contributed by atoms with Crippen LogP contribution in [0.1, 0.15) is 34.3 Å². The molecule has 0 aliphatic carbocycles. The van der Waals surface area contributed by atoms with Crippen molar-refractivity contribution in [2.75, 3.05) is 25.1 Å². The number of benzene rings is 3. The number of hydrogen-bond acceptors (Lipinski definition) is 5. The van der Waals surface area contributed by atoms with E-state index in [9.17, 15) is 9.59 Å². The highest BCUT2D eigenvalue weighted by Crippen LogP contribution is 2.24. The fourth-order valence-electron chi connectivity index (χ4n) is 4.57.